The molecule has 2 N–H and O–H groups in total. The van der Waals surface area contributed by atoms with E-state index < -0.39 is 0 Å². The minimum atomic E-state index is 0.343. The third-order valence-corrected chi connectivity index (χ3v) is 3.02. The zero-order valence-electron chi connectivity index (χ0n) is 7.98. The van der Waals surface area contributed by atoms with Crippen LogP contribution in [0.5, 0.6) is 0 Å². The van der Waals surface area contributed by atoms with Gasteiger partial charge in [0.1, 0.15) is 5.02 Å². The predicted molar refractivity (Wildman–Crippen MR) is 61.7 cm³/mol. The van der Waals surface area contributed by atoms with E-state index in [1.165, 1.54) is 0 Å². The Morgan fingerprint density at radius 2 is 2.33 bits per heavy atom. The van der Waals surface area contributed by atoms with Gasteiger partial charge in [0.2, 0.25) is 0 Å². The van der Waals surface area contributed by atoms with Crippen LogP contribution in [0, 0.1) is 0 Å². The van der Waals surface area contributed by atoms with Crippen molar-refractivity contribution < 1.29 is 0 Å². The van der Waals surface area contributed by atoms with Gasteiger partial charge in [0.15, 0.2) is 5.82 Å². The number of halogens is 2. The van der Waals surface area contributed by atoms with Gasteiger partial charge >= 0.3 is 0 Å². The van der Waals surface area contributed by atoms with Gasteiger partial charge in [0, 0.05) is 13.2 Å². The van der Waals surface area contributed by atoms with Gasteiger partial charge in [-0.25, -0.2) is 0 Å². The van der Waals surface area contributed by atoms with E-state index in [0.717, 1.165) is 10.2 Å². The van der Waals surface area contributed by atoms with Crippen LogP contribution in [0.1, 0.15) is 5.69 Å². The number of anilines is 1. The molecule has 0 amide bonds. The number of aromatic nitrogens is 4. The first-order chi connectivity index (χ1) is 7.08. The van der Waals surface area contributed by atoms with Crippen LogP contribution in [0.4, 0.5) is 5.82 Å². The Kier molecular flexibility index (Phi) is 2.70. The fourth-order valence-corrected chi connectivity index (χ4v) is 1.88. The highest BCUT2D eigenvalue weighted by atomic mass is 79.9. The molecular formula is C8H9BrClN5. The molecule has 2 aromatic heterocycles. The highest BCUT2D eigenvalue weighted by Crippen LogP contribution is 2.19. The van der Waals surface area contributed by atoms with Crippen LogP contribution in [0.2, 0.25) is 5.02 Å². The normalized spacial score (nSPS) is 10.9. The second-order valence-electron chi connectivity index (χ2n) is 3.12. The highest BCUT2D eigenvalue weighted by Gasteiger charge is 2.09. The third kappa shape index (κ3) is 2.00. The Morgan fingerprint density at radius 1 is 1.60 bits per heavy atom. The second kappa shape index (κ2) is 3.86. The van der Waals surface area contributed by atoms with Gasteiger partial charge in [0.05, 0.1) is 22.9 Å². The van der Waals surface area contributed by atoms with E-state index in [9.17, 15) is 0 Å². The summed E-state index contributed by atoms with van der Waals surface area (Å²) in [5.74, 6) is 0.343. The quantitative estimate of drug-likeness (QED) is 0.915. The first-order valence-corrected chi connectivity index (χ1v) is 5.40. The van der Waals surface area contributed by atoms with E-state index in [1.807, 2.05) is 7.05 Å². The van der Waals surface area contributed by atoms with Crippen LogP contribution >= 0.6 is 27.5 Å². The van der Waals surface area contributed by atoms with Crippen molar-refractivity contribution in [2.45, 2.75) is 6.54 Å². The lowest BCUT2D eigenvalue weighted by molar-refractivity contribution is 0.620. The molecule has 0 fully saturated rings. The maximum Gasteiger partial charge on any atom is 0.164 e. The van der Waals surface area contributed by atoms with Crippen LogP contribution in [-0.2, 0) is 13.6 Å². The smallest absolute Gasteiger partial charge is 0.164 e. The summed E-state index contributed by atoms with van der Waals surface area (Å²) in [5, 5.41) is 8.64. The van der Waals surface area contributed by atoms with E-state index in [2.05, 4.69) is 26.1 Å². The van der Waals surface area contributed by atoms with Crippen molar-refractivity contribution >= 4 is 33.3 Å². The molecule has 2 aromatic rings. The van der Waals surface area contributed by atoms with Gasteiger partial charge in [-0.05, 0) is 15.9 Å². The van der Waals surface area contributed by atoms with E-state index in [4.69, 9.17) is 17.3 Å². The summed E-state index contributed by atoms with van der Waals surface area (Å²) in [5.41, 5.74) is 6.56. The van der Waals surface area contributed by atoms with Gasteiger partial charge < -0.3 is 5.73 Å². The zero-order valence-corrected chi connectivity index (χ0v) is 10.3. The standard InChI is InChI=1S/C8H9BrClN5/c1-14-7(5(9)2-12-14)4-15-3-6(10)8(11)13-15/h2-3H,4H2,1H3,(H2,11,13). The lowest BCUT2D eigenvalue weighted by Crippen LogP contribution is -2.06. The van der Waals surface area contributed by atoms with Crippen molar-refractivity contribution in [3.63, 3.8) is 0 Å². The fraction of sp³-hybridized carbons (Fsp3) is 0.250. The minimum absolute atomic E-state index is 0.343. The van der Waals surface area contributed by atoms with Crippen molar-refractivity contribution in [1.29, 1.82) is 0 Å². The monoisotopic (exact) mass is 289 g/mol. The topological polar surface area (TPSA) is 61.7 Å². The number of nitrogens with zero attached hydrogens (tertiary/aromatic N) is 4. The molecule has 0 aromatic carbocycles. The Morgan fingerprint density at radius 3 is 2.80 bits per heavy atom. The van der Waals surface area contributed by atoms with Crippen molar-refractivity contribution in [2.75, 3.05) is 5.73 Å². The second-order valence-corrected chi connectivity index (χ2v) is 4.38. The average Bonchev–Trinajstić information content (AvgIpc) is 2.64. The first-order valence-electron chi connectivity index (χ1n) is 4.22. The molecule has 0 saturated heterocycles. The van der Waals surface area contributed by atoms with Crippen LogP contribution in [-0.4, -0.2) is 19.6 Å². The molecule has 5 nitrogen and oxygen atoms in total. The van der Waals surface area contributed by atoms with Gasteiger partial charge in [-0.1, -0.05) is 11.6 Å². The third-order valence-electron chi connectivity index (χ3n) is 2.07. The Labute approximate surface area is 99.9 Å². The summed E-state index contributed by atoms with van der Waals surface area (Å²) < 4.78 is 4.39. The predicted octanol–water partition coefficient (Wildman–Crippen LogP) is 1.66. The highest BCUT2D eigenvalue weighted by molar-refractivity contribution is 9.10. The lowest BCUT2D eigenvalue weighted by Gasteiger charge is -2.02. The fourth-order valence-electron chi connectivity index (χ4n) is 1.26. The van der Waals surface area contributed by atoms with Crippen molar-refractivity contribution in [2.24, 2.45) is 7.05 Å². The molecule has 2 rings (SSSR count). The molecule has 0 spiro atoms. The molecule has 0 atom stereocenters. The molecule has 0 saturated carbocycles. The molecular weight excluding hydrogens is 281 g/mol. The molecule has 0 bridgehead atoms. The molecule has 0 aliphatic rings. The maximum absolute atomic E-state index is 5.81. The van der Waals surface area contributed by atoms with Gasteiger partial charge in [0.25, 0.3) is 0 Å². The summed E-state index contributed by atoms with van der Waals surface area (Å²) in [6.07, 6.45) is 3.43. The largest absolute Gasteiger partial charge is 0.381 e. The van der Waals surface area contributed by atoms with Crippen molar-refractivity contribution in [3.05, 3.63) is 27.6 Å². The van der Waals surface area contributed by atoms with E-state index in [0.29, 0.717) is 17.4 Å². The summed E-state index contributed by atoms with van der Waals surface area (Å²) in [4.78, 5) is 0. The van der Waals surface area contributed by atoms with E-state index in [1.54, 1.807) is 21.8 Å². The van der Waals surface area contributed by atoms with Crippen molar-refractivity contribution in [3.8, 4) is 0 Å². The summed E-state index contributed by atoms with van der Waals surface area (Å²) >= 11 is 9.22. The zero-order chi connectivity index (χ0) is 11.0. The number of hydrogen-bond donors (Lipinski definition) is 1. The molecule has 0 radical (unpaired) electrons. The Balaban J connectivity index is 2.29. The molecule has 2 heterocycles. The summed E-state index contributed by atoms with van der Waals surface area (Å²) in [7, 11) is 1.87. The molecule has 15 heavy (non-hydrogen) atoms. The van der Waals surface area contributed by atoms with Crippen LogP contribution in [0.3, 0.4) is 0 Å². The Hall–Kier alpha value is -1.01. The number of nitrogen functional groups attached to an aromatic ring is 1. The molecule has 80 valence electrons. The molecule has 7 heteroatoms. The average molecular weight is 291 g/mol. The summed E-state index contributed by atoms with van der Waals surface area (Å²) in [6, 6.07) is 0. The van der Waals surface area contributed by atoms with E-state index in [-0.39, 0.29) is 0 Å². The number of nitrogens with two attached hydrogens (primary N) is 1. The Bertz CT molecular complexity index is 450. The van der Waals surface area contributed by atoms with Crippen LogP contribution in [0.15, 0.2) is 16.9 Å². The van der Waals surface area contributed by atoms with Crippen molar-refractivity contribution in [1.82, 2.24) is 19.6 Å². The lowest BCUT2D eigenvalue weighted by atomic mass is 10.4. The van der Waals surface area contributed by atoms with Crippen LogP contribution < -0.4 is 5.73 Å². The first kappa shape index (κ1) is 10.5. The molecule has 0 unspecified atom stereocenters. The van der Waals surface area contributed by atoms with Gasteiger partial charge in [-0.3, -0.25) is 9.36 Å². The van der Waals surface area contributed by atoms with E-state index >= 15 is 0 Å². The van der Waals surface area contributed by atoms with Gasteiger partial charge in [-0.15, -0.1) is 0 Å². The maximum atomic E-state index is 5.81. The number of hydrogen-bond acceptors (Lipinski definition) is 3. The minimum Gasteiger partial charge on any atom is -0.381 e. The number of rotatable bonds is 2. The molecule has 0 aliphatic carbocycles. The SMILES string of the molecule is Cn1ncc(Br)c1Cn1cc(Cl)c(N)n1. The van der Waals surface area contributed by atoms with Gasteiger partial charge in [-0.2, -0.15) is 10.2 Å². The summed E-state index contributed by atoms with van der Waals surface area (Å²) in [6.45, 7) is 0.577. The molecule has 0 aliphatic heterocycles. The van der Waals surface area contributed by atoms with Crippen LogP contribution in [0.25, 0.3) is 0 Å². The number of aryl methyl sites for hydroxylation is 1.